The Morgan fingerprint density at radius 2 is 1.20 bits per heavy atom. The largest absolute Gasteiger partial charge is 0.396 e. The van der Waals surface area contributed by atoms with Crippen LogP contribution >= 0.6 is 0 Å². The summed E-state index contributed by atoms with van der Waals surface area (Å²) in [6.07, 6.45) is 13.7. The van der Waals surface area contributed by atoms with E-state index in [0.717, 1.165) is 97.3 Å². The summed E-state index contributed by atoms with van der Waals surface area (Å²) in [5.41, 5.74) is 17.0. The second kappa shape index (κ2) is 25.0. The van der Waals surface area contributed by atoms with E-state index in [4.69, 9.17) is 22.3 Å². The molecule has 0 radical (unpaired) electrons. The van der Waals surface area contributed by atoms with E-state index in [0.29, 0.717) is 18.6 Å². The topological polar surface area (TPSA) is 134 Å². The van der Waals surface area contributed by atoms with E-state index in [9.17, 15) is 0 Å². The molecule has 0 heterocycles. The Kier molecular flexibility index (Phi) is 24.8. The fourth-order valence-electron chi connectivity index (χ4n) is 3.86. The van der Waals surface area contributed by atoms with Crippen molar-refractivity contribution in [2.24, 2.45) is 23.1 Å². The first-order valence-corrected chi connectivity index (χ1v) is 12.7. The second-order valence-corrected chi connectivity index (χ2v) is 8.48. The zero-order chi connectivity index (χ0) is 22.1. The molecule has 0 amide bonds. The van der Waals surface area contributed by atoms with Crippen LogP contribution in [0.4, 0.5) is 0 Å². The smallest absolute Gasteiger partial charge is 0.0431 e. The highest BCUT2D eigenvalue weighted by molar-refractivity contribution is 4.79. The van der Waals surface area contributed by atoms with Crippen molar-refractivity contribution in [2.45, 2.75) is 83.1 Å². The van der Waals surface area contributed by atoms with Gasteiger partial charge in [0.15, 0.2) is 0 Å². The Morgan fingerprint density at radius 1 is 0.567 bits per heavy atom. The standard InChI is InChI=1S/C23H54N6O/c24-13-4-5-19-29-23(12-9-14-25)22(11-3-1-2-8-20-30)21-28-17-7-6-16-27-18-10-15-26/h22-23,27-30H,1-21,24-26H2. The first-order valence-electron chi connectivity index (χ1n) is 12.7. The highest BCUT2D eigenvalue weighted by Gasteiger charge is 2.20. The van der Waals surface area contributed by atoms with Crippen LogP contribution in [0.2, 0.25) is 0 Å². The molecule has 0 aromatic carbocycles. The van der Waals surface area contributed by atoms with Crippen LogP contribution in [0, 0.1) is 5.92 Å². The van der Waals surface area contributed by atoms with Crippen molar-refractivity contribution in [3.05, 3.63) is 0 Å². The van der Waals surface area contributed by atoms with Crippen LogP contribution in [0.5, 0.6) is 0 Å². The molecule has 0 saturated heterocycles. The minimum atomic E-state index is 0.313. The van der Waals surface area contributed by atoms with E-state index in [-0.39, 0.29) is 0 Å². The Morgan fingerprint density at radius 3 is 1.90 bits per heavy atom. The van der Waals surface area contributed by atoms with E-state index in [2.05, 4.69) is 16.0 Å². The van der Waals surface area contributed by atoms with Crippen molar-refractivity contribution in [3.63, 3.8) is 0 Å². The minimum Gasteiger partial charge on any atom is -0.396 e. The van der Waals surface area contributed by atoms with Crippen LogP contribution in [-0.2, 0) is 0 Å². The van der Waals surface area contributed by atoms with Crippen molar-refractivity contribution >= 4 is 0 Å². The number of aliphatic hydroxyl groups is 1. The van der Waals surface area contributed by atoms with Gasteiger partial charge in [-0.3, -0.25) is 0 Å². The van der Waals surface area contributed by atoms with Gasteiger partial charge in [0.1, 0.15) is 0 Å². The molecule has 0 aliphatic heterocycles. The molecule has 0 aliphatic carbocycles. The Bertz CT molecular complexity index is 322. The van der Waals surface area contributed by atoms with Crippen LogP contribution in [-0.4, -0.2) is 70.1 Å². The third-order valence-corrected chi connectivity index (χ3v) is 5.73. The lowest BCUT2D eigenvalue weighted by Crippen LogP contribution is -2.42. The highest BCUT2D eigenvalue weighted by atomic mass is 16.2. The summed E-state index contributed by atoms with van der Waals surface area (Å²) in [5, 5.41) is 20.0. The molecule has 182 valence electrons. The average molecular weight is 431 g/mol. The molecule has 2 unspecified atom stereocenters. The van der Waals surface area contributed by atoms with Gasteiger partial charge in [0, 0.05) is 12.6 Å². The number of hydrogen-bond donors (Lipinski definition) is 7. The van der Waals surface area contributed by atoms with Crippen molar-refractivity contribution in [2.75, 3.05) is 59.0 Å². The van der Waals surface area contributed by atoms with Gasteiger partial charge < -0.3 is 38.3 Å². The lowest BCUT2D eigenvalue weighted by atomic mass is 9.89. The third kappa shape index (κ3) is 19.7. The summed E-state index contributed by atoms with van der Waals surface area (Å²) in [6.45, 7) is 7.91. The number of aliphatic hydroxyl groups excluding tert-OH is 1. The lowest BCUT2D eigenvalue weighted by molar-refractivity contribution is 0.274. The second-order valence-electron chi connectivity index (χ2n) is 8.48. The molecule has 0 aromatic heterocycles. The number of nitrogens with two attached hydrogens (primary N) is 3. The molecule has 0 saturated carbocycles. The molecule has 0 spiro atoms. The van der Waals surface area contributed by atoms with Gasteiger partial charge in [0.05, 0.1) is 0 Å². The molecule has 0 aromatic rings. The van der Waals surface area contributed by atoms with Crippen LogP contribution < -0.4 is 33.2 Å². The van der Waals surface area contributed by atoms with Gasteiger partial charge in [-0.15, -0.1) is 0 Å². The van der Waals surface area contributed by atoms with Crippen LogP contribution in [0.1, 0.15) is 77.0 Å². The minimum absolute atomic E-state index is 0.313. The Balaban J connectivity index is 4.33. The maximum absolute atomic E-state index is 9.00. The summed E-state index contributed by atoms with van der Waals surface area (Å²) in [5.74, 6) is 0.631. The van der Waals surface area contributed by atoms with Crippen LogP contribution in [0.25, 0.3) is 0 Å². The van der Waals surface area contributed by atoms with Crippen LogP contribution in [0.3, 0.4) is 0 Å². The quantitative estimate of drug-likeness (QED) is 0.108. The summed E-state index contributed by atoms with van der Waals surface area (Å²) in [6, 6.07) is 0.523. The first-order chi connectivity index (χ1) is 14.8. The van der Waals surface area contributed by atoms with Crippen molar-refractivity contribution in [1.29, 1.82) is 0 Å². The molecule has 2 atom stereocenters. The predicted octanol–water partition coefficient (Wildman–Crippen LogP) is 1.29. The molecule has 10 N–H and O–H groups in total. The molecule has 0 rings (SSSR count). The zero-order valence-electron chi connectivity index (χ0n) is 19.7. The zero-order valence-corrected chi connectivity index (χ0v) is 19.7. The number of nitrogens with one attached hydrogen (secondary N) is 3. The first kappa shape index (κ1) is 29.7. The molecule has 7 heteroatoms. The summed E-state index contributed by atoms with van der Waals surface area (Å²) in [4.78, 5) is 0. The predicted molar refractivity (Wildman–Crippen MR) is 131 cm³/mol. The fourth-order valence-corrected chi connectivity index (χ4v) is 3.86. The van der Waals surface area contributed by atoms with E-state index >= 15 is 0 Å². The number of unbranched alkanes of at least 4 members (excludes halogenated alkanes) is 5. The molecular formula is C23H54N6O. The summed E-state index contributed by atoms with van der Waals surface area (Å²) in [7, 11) is 0. The van der Waals surface area contributed by atoms with Crippen LogP contribution in [0.15, 0.2) is 0 Å². The van der Waals surface area contributed by atoms with E-state index in [1.165, 1.54) is 32.1 Å². The lowest BCUT2D eigenvalue weighted by Gasteiger charge is -2.29. The SMILES string of the molecule is NCCCCNC(CCCN)C(CCCCCCO)CNCCCCNCCCN. The summed E-state index contributed by atoms with van der Waals surface area (Å²) < 4.78 is 0. The molecule has 0 aliphatic rings. The van der Waals surface area contributed by atoms with Gasteiger partial charge in [-0.25, -0.2) is 0 Å². The molecule has 30 heavy (non-hydrogen) atoms. The number of rotatable bonds is 25. The highest BCUT2D eigenvalue weighted by Crippen LogP contribution is 2.18. The number of hydrogen-bond acceptors (Lipinski definition) is 7. The van der Waals surface area contributed by atoms with Gasteiger partial charge in [0.2, 0.25) is 0 Å². The Hall–Kier alpha value is -0.280. The van der Waals surface area contributed by atoms with Crippen molar-refractivity contribution < 1.29 is 5.11 Å². The van der Waals surface area contributed by atoms with Gasteiger partial charge in [0.25, 0.3) is 0 Å². The van der Waals surface area contributed by atoms with Gasteiger partial charge in [-0.05, 0) is 116 Å². The van der Waals surface area contributed by atoms with Gasteiger partial charge in [-0.2, -0.15) is 0 Å². The third-order valence-electron chi connectivity index (χ3n) is 5.73. The normalized spacial score (nSPS) is 13.6. The molecular weight excluding hydrogens is 376 g/mol. The van der Waals surface area contributed by atoms with Gasteiger partial charge in [-0.1, -0.05) is 19.3 Å². The molecule has 0 bridgehead atoms. The average Bonchev–Trinajstić information content (AvgIpc) is 2.76. The molecule has 0 fully saturated rings. The summed E-state index contributed by atoms with van der Waals surface area (Å²) >= 11 is 0. The molecule has 7 nitrogen and oxygen atoms in total. The van der Waals surface area contributed by atoms with Gasteiger partial charge >= 0.3 is 0 Å². The maximum Gasteiger partial charge on any atom is 0.0431 e. The van der Waals surface area contributed by atoms with E-state index in [1.807, 2.05) is 0 Å². The monoisotopic (exact) mass is 430 g/mol. The van der Waals surface area contributed by atoms with Crippen molar-refractivity contribution in [1.82, 2.24) is 16.0 Å². The van der Waals surface area contributed by atoms with E-state index < -0.39 is 0 Å². The fraction of sp³-hybridized carbons (Fsp3) is 1.00. The maximum atomic E-state index is 9.00. The van der Waals surface area contributed by atoms with E-state index in [1.54, 1.807) is 0 Å². The van der Waals surface area contributed by atoms with Crippen molar-refractivity contribution in [3.8, 4) is 0 Å². The Labute approximate surface area is 186 Å².